The third-order valence-corrected chi connectivity index (χ3v) is 7.10. The number of hydrogen-bond acceptors (Lipinski definition) is 6. The van der Waals surface area contributed by atoms with Gasteiger partial charge in [0.25, 0.3) is 5.91 Å². The SMILES string of the molecule is Cc1ccccc1CN1CCCN(C(=O)c2cccnc2SCc2c(C)noc2C)CC1. The van der Waals surface area contributed by atoms with Crippen molar-refractivity contribution in [3.63, 3.8) is 0 Å². The number of carbonyl (C=O) groups excluding carboxylic acids is 1. The van der Waals surface area contributed by atoms with Crippen molar-refractivity contribution in [1.29, 1.82) is 0 Å². The van der Waals surface area contributed by atoms with Gasteiger partial charge >= 0.3 is 0 Å². The Bertz CT molecular complexity index is 1060. The predicted octanol–water partition coefficient (Wildman–Crippen LogP) is 4.64. The van der Waals surface area contributed by atoms with Crippen LogP contribution >= 0.6 is 11.8 Å². The maximum absolute atomic E-state index is 13.4. The molecule has 32 heavy (non-hydrogen) atoms. The number of benzene rings is 1. The van der Waals surface area contributed by atoms with Crippen molar-refractivity contribution >= 4 is 17.7 Å². The highest BCUT2D eigenvalue weighted by molar-refractivity contribution is 7.98. The van der Waals surface area contributed by atoms with E-state index >= 15 is 0 Å². The second-order valence-electron chi connectivity index (χ2n) is 8.30. The molecule has 0 unspecified atom stereocenters. The van der Waals surface area contributed by atoms with Crippen molar-refractivity contribution in [2.75, 3.05) is 26.2 Å². The van der Waals surface area contributed by atoms with Crippen LogP contribution < -0.4 is 0 Å². The van der Waals surface area contributed by atoms with Crippen LogP contribution in [0.5, 0.6) is 0 Å². The Morgan fingerprint density at radius 2 is 1.91 bits per heavy atom. The van der Waals surface area contributed by atoms with Crippen LogP contribution in [0.1, 0.15) is 44.9 Å². The fraction of sp³-hybridized carbons (Fsp3) is 0.400. The standard InChI is InChI=1S/C25H30N4O2S/c1-18-8-4-5-9-21(18)16-28-12-7-13-29(15-14-28)25(30)22-10-6-11-26-24(22)32-17-23-19(2)27-31-20(23)3/h4-6,8-11H,7,12-17H2,1-3H3. The average molecular weight is 451 g/mol. The number of pyridine rings is 1. The molecule has 168 valence electrons. The number of hydrogen-bond donors (Lipinski definition) is 0. The van der Waals surface area contributed by atoms with Crippen LogP contribution in [0, 0.1) is 20.8 Å². The Morgan fingerprint density at radius 1 is 1.06 bits per heavy atom. The molecule has 7 heteroatoms. The van der Waals surface area contributed by atoms with Gasteiger partial charge in [-0.05, 0) is 50.5 Å². The minimum Gasteiger partial charge on any atom is -0.361 e. The van der Waals surface area contributed by atoms with E-state index < -0.39 is 0 Å². The summed E-state index contributed by atoms with van der Waals surface area (Å²) in [6, 6.07) is 12.3. The summed E-state index contributed by atoms with van der Waals surface area (Å²) < 4.78 is 5.27. The molecule has 1 aliphatic rings. The van der Waals surface area contributed by atoms with Crippen molar-refractivity contribution in [3.05, 3.63) is 76.3 Å². The molecule has 0 N–H and O–H groups in total. The number of thioether (sulfide) groups is 1. The summed E-state index contributed by atoms with van der Waals surface area (Å²) in [5.41, 5.74) is 5.31. The first-order valence-corrected chi connectivity index (χ1v) is 12.1. The van der Waals surface area contributed by atoms with Crippen molar-refractivity contribution in [1.82, 2.24) is 19.9 Å². The van der Waals surface area contributed by atoms with E-state index in [1.165, 1.54) is 11.1 Å². The number of aryl methyl sites for hydroxylation is 3. The molecule has 4 rings (SSSR count). The van der Waals surface area contributed by atoms with E-state index in [-0.39, 0.29) is 5.91 Å². The van der Waals surface area contributed by atoms with E-state index in [2.05, 4.69) is 46.2 Å². The number of carbonyl (C=O) groups is 1. The van der Waals surface area contributed by atoms with Gasteiger partial charge in [0, 0.05) is 50.2 Å². The van der Waals surface area contributed by atoms with Crippen LogP contribution in [-0.4, -0.2) is 52.0 Å². The zero-order valence-electron chi connectivity index (χ0n) is 19.0. The van der Waals surface area contributed by atoms with Gasteiger partial charge in [0.1, 0.15) is 10.8 Å². The Kier molecular flexibility index (Phi) is 7.27. The molecule has 1 amide bonds. The van der Waals surface area contributed by atoms with Crippen molar-refractivity contribution in [2.45, 2.75) is 44.5 Å². The molecular weight excluding hydrogens is 420 g/mol. The summed E-state index contributed by atoms with van der Waals surface area (Å²) in [5, 5.41) is 4.79. The molecule has 0 bridgehead atoms. The first kappa shape index (κ1) is 22.6. The van der Waals surface area contributed by atoms with Gasteiger partial charge in [0.2, 0.25) is 0 Å². The van der Waals surface area contributed by atoms with E-state index in [1.54, 1.807) is 18.0 Å². The van der Waals surface area contributed by atoms with Crippen molar-refractivity contribution in [2.24, 2.45) is 0 Å². The Labute approximate surface area is 194 Å². The van der Waals surface area contributed by atoms with Crippen LogP contribution in [0.3, 0.4) is 0 Å². The molecule has 6 nitrogen and oxygen atoms in total. The maximum Gasteiger partial charge on any atom is 0.256 e. The highest BCUT2D eigenvalue weighted by atomic mass is 32.2. The molecule has 2 aromatic heterocycles. The first-order chi connectivity index (χ1) is 15.5. The quantitative estimate of drug-likeness (QED) is 0.510. The van der Waals surface area contributed by atoms with E-state index in [9.17, 15) is 4.79 Å². The largest absolute Gasteiger partial charge is 0.361 e. The summed E-state index contributed by atoms with van der Waals surface area (Å²) in [4.78, 5) is 22.4. The molecule has 1 fully saturated rings. The second-order valence-corrected chi connectivity index (χ2v) is 9.26. The second kappa shape index (κ2) is 10.3. The predicted molar refractivity (Wildman–Crippen MR) is 127 cm³/mol. The molecular formula is C25H30N4O2S. The molecule has 0 saturated carbocycles. The first-order valence-electron chi connectivity index (χ1n) is 11.1. The molecule has 1 aliphatic heterocycles. The fourth-order valence-electron chi connectivity index (χ4n) is 4.05. The number of nitrogens with zero attached hydrogens (tertiary/aromatic N) is 4. The fourth-order valence-corrected chi connectivity index (χ4v) is 5.19. The topological polar surface area (TPSA) is 62.5 Å². The third-order valence-electron chi connectivity index (χ3n) is 6.07. The molecule has 1 saturated heterocycles. The molecule has 0 radical (unpaired) electrons. The van der Waals surface area contributed by atoms with E-state index in [1.807, 2.05) is 30.9 Å². The normalized spacial score (nSPS) is 15.0. The lowest BCUT2D eigenvalue weighted by atomic mass is 10.1. The minimum absolute atomic E-state index is 0.0668. The molecule has 0 aliphatic carbocycles. The van der Waals surface area contributed by atoms with Crippen molar-refractivity contribution in [3.8, 4) is 0 Å². The van der Waals surface area contributed by atoms with Gasteiger partial charge in [-0.2, -0.15) is 0 Å². The van der Waals surface area contributed by atoms with Gasteiger partial charge in [-0.3, -0.25) is 9.69 Å². The number of rotatable bonds is 6. The van der Waals surface area contributed by atoms with E-state index in [0.29, 0.717) is 11.3 Å². The van der Waals surface area contributed by atoms with Crippen LogP contribution in [0.25, 0.3) is 0 Å². The number of aromatic nitrogens is 2. The van der Waals surface area contributed by atoms with Crippen LogP contribution in [0.2, 0.25) is 0 Å². The van der Waals surface area contributed by atoms with E-state index in [0.717, 1.165) is 61.2 Å². The molecule has 0 spiro atoms. The Hall–Kier alpha value is -2.64. The average Bonchev–Trinajstić information content (AvgIpc) is 2.98. The van der Waals surface area contributed by atoms with Crippen molar-refractivity contribution < 1.29 is 9.32 Å². The lowest BCUT2D eigenvalue weighted by Gasteiger charge is -2.23. The highest BCUT2D eigenvalue weighted by Crippen LogP contribution is 2.28. The third kappa shape index (κ3) is 5.22. The zero-order valence-corrected chi connectivity index (χ0v) is 19.8. The Morgan fingerprint density at radius 3 is 2.69 bits per heavy atom. The summed E-state index contributed by atoms with van der Waals surface area (Å²) in [7, 11) is 0. The molecule has 3 aromatic rings. The summed E-state index contributed by atoms with van der Waals surface area (Å²) in [5.74, 6) is 1.57. The van der Waals surface area contributed by atoms with Gasteiger partial charge in [0.15, 0.2) is 0 Å². The molecule has 3 heterocycles. The summed E-state index contributed by atoms with van der Waals surface area (Å²) >= 11 is 1.57. The highest BCUT2D eigenvalue weighted by Gasteiger charge is 2.23. The molecule has 1 aromatic carbocycles. The number of amides is 1. The van der Waals surface area contributed by atoms with Gasteiger partial charge in [-0.1, -0.05) is 29.4 Å². The van der Waals surface area contributed by atoms with Crippen LogP contribution in [0.4, 0.5) is 0 Å². The van der Waals surface area contributed by atoms with Gasteiger partial charge in [-0.25, -0.2) is 4.98 Å². The Balaban J connectivity index is 1.41. The minimum atomic E-state index is 0.0668. The zero-order chi connectivity index (χ0) is 22.5. The smallest absolute Gasteiger partial charge is 0.256 e. The van der Waals surface area contributed by atoms with Crippen LogP contribution in [0.15, 0.2) is 52.1 Å². The van der Waals surface area contributed by atoms with Crippen LogP contribution in [-0.2, 0) is 12.3 Å². The molecule has 0 atom stereocenters. The van der Waals surface area contributed by atoms with Gasteiger partial charge < -0.3 is 9.42 Å². The maximum atomic E-state index is 13.4. The van der Waals surface area contributed by atoms with Gasteiger partial charge in [0.05, 0.1) is 11.3 Å². The lowest BCUT2D eigenvalue weighted by molar-refractivity contribution is 0.0756. The van der Waals surface area contributed by atoms with Gasteiger partial charge in [-0.15, -0.1) is 11.8 Å². The lowest BCUT2D eigenvalue weighted by Crippen LogP contribution is -2.35. The monoisotopic (exact) mass is 450 g/mol. The van der Waals surface area contributed by atoms with E-state index in [4.69, 9.17) is 4.52 Å². The summed E-state index contributed by atoms with van der Waals surface area (Å²) in [6.07, 6.45) is 2.72. The summed E-state index contributed by atoms with van der Waals surface area (Å²) in [6.45, 7) is 10.3.